The molecule has 7 heteroatoms. The zero-order valence-electron chi connectivity index (χ0n) is 18.2. The molecule has 0 bridgehead atoms. The van der Waals surface area contributed by atoms with Gasteiger partial charge in [-0.05, 0) is 53.1 Å². The highest BCUT2D eigenvalue weighted by atomic mass is 79.9. The van der Waals surface area contributed by atoms with E-state index in [4.69, 9.17) is 9.15 Å². The SMILES string of the molecule is COc1cc(Br)ccc1CN(Cc1ccc(C(F)(F)F)o1)Cc1c(C)ccc2ccccc12. The van der Waals surface area contributed by atoms with Crippen molar-refractivity contribution in [3.8, 4) is 5.75 Å². The first-order chi connectivity index (χ1) is 15.7. The second-order valence-electron chi connectivity index (χ2n) is 7.95. The molecule has 33 heavy (non-hydrogen) atoms. The lowest BCUT2D eigenvalue weighted by Crippen LogP contribution is -2.23. The van der Waals surface area contributed by atoms with Crippen molar-refractivity contribution >= 4 is 26.7 Å². The molecule has 1 aromatic heterocycles. The first-order valence-corrected chi connectivity index (χ1v) is 11.2. The predicted octanol–water partition coefficient (Wildman–Crippen LogP) is 7.73. The summed E-state index contributed by atoms with van der Waals surface area (Å²) in [4.78, 5) is 2.07. The topological polar surface area (TPSA) is 25.6 Å². The van der Waals surface area contributed by atoms with Crippen LogP contribution in [0.15, 0.2) is 75.6 Å². The van der Waals surface area contributed by atoms with Gasteiger partial charge in [-0.25, -0.2) is 0 Å². The molecule has 3 aromatic carbocycles. The molecule has 0 N–H and O–H groups in total. The van der Waals surface area contributed by atoms with Crippen LogP contribution in [0.5, 0.6) is 5.75 Å². The van der Waals surface area contributed by atoms with Gasteiger partial charge in [-0.3, -0.25) is 4.90 Å². The number of benzene rings is 3. The molecule has 1 heterocycles. The highest BCUT2D eigenvalue weighted by Crippen LogP contribution is 2.32. The maximum absolute atomic E-state index is 13.1. The van der Waals surface area contributed by atoms with E-state index < -0.39 is 11.9 Å². The molecule has 172 valence electrons. The van der Waals surface area contributed by atoms with Gasteiger partial charge >= 0.3 is 6.18 Å². The average molecular weight is 518 g/mol. The summed E-state index contributed by atoms with van der Waals surface area (Å²) >= 11 is 3.45. The summed E-state index contributed by atoms with van der Waals surface area (Å²) in [5.41, 5.74) is 3.19. The van der Waals surface area contributed by atoms with E-state index in [1.54, 1.807) is 7.11 Å². The van der Waals surface area contributed by atoms with E-state index >= 15 is 0 Å². The fraction of sp³-hybridized carbons (Fsp3) is 0.231. The lowest BCUT2D eigenvalue weighted by atomic mass is 9.99. The summed E-state index contributed by atoms with van der Waals surface area (Å²) in [6, 6.07) is 20.4. The van der Waals surface area contributed by atoms with Crippen LogP contribution in [0.2, 0.25) is 0 Å². The molecule has 0 atom stereocenters. The number of hydrogen-bond acceptors (Lipinski definition) is 3. The third-order valence-corrected chi connectivity index (χ3v) is 6.11. The minimum atomic E-state index is -4.51. The Morgan fingerprint density at radius 3 is 2.45 bits per heavy atom. The van der Waals surface area contributed by atoms with Crippen molar-refractivity contribution in [3.63, 3.8) is 0 Å². The Bertz CT molecular complexity index is 1270. The Morgan fingerprint density at radius 1 is 0.939 bits per heavy atom. The standard InChI is InChI=1S/C26H23BrF3NO2/c1-17-7-8-18-5-3-4-6-22(18)23(17)16-31(14-19-9-10-20(27)13-24(19)32-2)15-21-11-12-25(33-21)26(28,29)30/h3-13H,14-16H2,1-2H3. The Kier molecular flexibility index (Phi) is 6.81. The monoisotopic (exact) mass is 517 g/mol. The number of nitrogens with zero attached hydrogens (tertiary/aromatic N) is 1. The Morgan fingerprint density at radius 2 is 1.73 bits per heavy atom. The van der Waals surface area contributed by atoms with Gasteiger partial charge < -0.3 is 9.15 Å². The number of aryl methyl sites for hydroxylation is 1. The van der Waals surface area contributed by atoms with E-state index in [0.29, 0.717) is 18.8 Å². The molecule has 0 radical (unpaired) electrons. The smallest absolute Gasteiger partial charge is 0.449 e. The van der Waals surface area contributed by atoms with Crippen molar-refractivity contribution in [2.75, 3.05) is 7.11 Å². The summed E-state index contributed by atoms with van der Waals surface area (Å²) < 4.78 is 50.8. The minimum Gasteiger partial charge on any atom is -0.496 e. The Labute approximate surface area is 198 Å². The normalized spacial score (nSPS) is 12.0. The maximum Gasteiger partial charge on any atom is 0.449 e. The van der Waals surface area contributed by atoms with Crippen LogP contribution < -0.4 is 4.74 Å². The van der Waals surface area contributed by atoms with E-state index in [1.807, 2.05) is 30.3 Å². The molecular weight excluding hydrogens is 495 g/mol. The van der Waals surface area contributed by atoms with E-state index in [2.05, 4.69) is 52.0 Å². The molecule has 0 saturated heterocycles. The van der Waals surface area contributed by atoms with E-state index in [9.17, 15) is 13.2 Å². The van der Waals surface area contributed by atoms with Crippen molar-refractivity contribution in [3.05, 3.63) is 99.4 Å². The highest BCUT2D eigenvalue weighted by Gasteiger charge is 2.34. The first kappa shape index (κ1) is 23.4. The van der Waals surface area contributed by atoms with Crippen molar-refractivity contribution < 1.29 is 22.3 Å². The van der Waals surface area contributed by atoms with E-state index in [1.165, 1.54) is 6.07 Å². The maximum atomic E-state index is 13.1. The van der Waals surface area contributed by atoms with Crippen LogP contribution in [0.25, 0.3) is 10.8 Å². The number of halogens is 4. The number of fused-ring (bicyclic) bond motifs is 1. The third kappa shape index (κ3) is 5.42. The Hall–Kier alpha value is -2.77. The van der Waals surface area contributed by atoms with Crippen molar-refractivity contribution in [1.29, 1.82) is 0 Å². The highest BCUT2D eigenvalue weighted by molar-refractivity contribution is 9.10. The van der Waals surface area contributed by atoms with Crippen LogP contribution >= 0.6 is 15.9 Å². The van der Waals surface area contributed by atoms with Gasteiger partial charge in [0.2, 0.25) is 5.76 Å². The van der Waals surface area contributed by atoms with Gasteiger partial charge in [-0.2, -0.15) is 13.2 Å². The molecule has 0 saturated carbocycles. The number of methoxy groups -OCH3 is 1. The van der Waals surface area contributed by atoms with Gasteiger partial charge in [-0.15, -0.1) is 0 Å². The zero-order chi connectivity index (χ0) is 23.6. The van der Waals surface area contributed by atoms with Crippen LogP contribution in [-0.4, -0.2) is 12.0 Å². The van der Waals surface area contributed by atoms with Gasteiger partial charge in [0.15, 0.2) is 0 Å². The van der Waals surface area contributed by atoms with Gasteiger partial charge in [0.05, 0.1) is 13.7 Å². The lowest BCUT2D eigenvalue weighted by Gasteiger charge is -2.24. The second kappa shape index (κ2) is 9.61. The molecule has 4 rings (SSSR count). The molecular formula is C26H23BrF3NO2. The lowest BCUT2D eigenvalue weighted by molar-refractivity contribution is -0.153. The Balaban J connectivity index is 1.70. The molecule has 0 amide bonds. The summed E-state index contributed by atoms with van der Waals surface area (Å²) in [6.45, 7) is 3.28. The van der Waals surface area contributed by atoms with Crippen molar-refractivity contribution in [2.24, 2.45) is 0 Å². The number of ether oxygens (including phenoxy) is 1. The van der Waals surface area contributed by atoms with Gasteiger partial charge in [-0.1, -0.05) is 58.4 Å². The van der Waals surface area contributed by atoms with E-state index in [0.717, 1.165) is 38.0 Å². The second-order valence-corrected chi connectivity index (χ2v) is 8.86. The molecule has 0 spiro atoms. The van der Waals surface area contributed by atoms with Crippen LogP contribution in [0.3, 0.4) is 0 Å². The summed E-state index contributed by atoms with van der Waals surface area (Å²) in [5.74, 6) is -0.0178. The number of alkyl halides is 3. The molecule has 0 aliphatic heterocycles. The number of rotatable bonds is 7. The van der Waals surface area contributed by atoms with Crippen LogP contribution in [-0.2, 0) is 25.8 Å². The molecule has 0 unspecified atom stereocenters. The summed E-state index contributed by atoms with van der Waals surface area (Å²) in [5, 5.41) is 2.25. The number of hydrogen-bond donors (Lipinski definition) is 0. The fourth-order valence-corrected chi connectivity index (χ4v) is 4.31. The molecule has 3 nitrogen and oxygen atoms in total. The van der Waals surface area contributed by atoms with Gasteiger partial charge in [0.1, 0.15) is 11.5 Å². The van der Waals surface area contributed by atoms with Gasteiger partial charge in [0, 0.05) is 23.1 Å². The zero-order valence-corrected chi connectivity index (χ0v) is 19.8. The quantitative estimate of drug-likeness (QED) is 0.250. The van der Waals surface area contributed by atoms with Crippen LogP contribution in [0.1, 0.15) is 28.2 Å². The van der Waals surface area contributed by atoms with Crippen LogP contribution in [0, 0.1) is 6.92 Å². The predicted molar refractivity (Wildman–Crippen MR) is 126 cm³/mol. The van der Waals surface area contributed by atoms with Crippen molar-refractivity contribution in [2.45, 2.75) is 32.7 Å². The van der Waals surface area contributed by atoms with Gasteiger partial charge in [0.25, 0.3) is 0 Å². The summed E-state index contributed by atoms with van der Waals surface area (Å²) in [6.07, 6.45) is -4.51. The third-order valence-electron chi connectivity index (χ3n) is 5.62. The largest absolute Gasteiger partial charge is 0.496 e. The molecule has 0 aliphatic carbocycles. The number of furan rings is 1. The molecule has 0 aliphatic rings. The molecule has 4 aromatic rings. The summed E-state index contributed by atoms with van der Waals surface area (Å²) in [7, 11) is 1.60. The average Bonchev–Trinajstić information content (AvgIpc) is 3.26. The fourth-order valence-electron chi connectivity index (χ4n) is 3.97. The van der Waals surface area contributed by atoms with E-state index in [-0.39, 0.29) is 12.3 Å². The molecule has 0 fully saturated rings. The van der Waals surface area contributed by atoms with Crippen LogP contribution in [0.4, 0.5) is 13.2 Å². The minimum absolute atomic E-state index is 0.220. The first-order valence-electron chi connectivity index (χ1n) is 10.4. The van der Waals surface area contributed by atoms with Crippen molar-refractivity contribution in [1.82, 2.24) is 4.90 Å².